The Balaban J connectivity index is 2.25. The van der Waals surface area contributed by atoms with Crippen molar-refractivity contribution in [2.45, 2.75) is 38.0 Å². The maximum absolute atomic E-state index is 14.4. The van der Waals surface area contributed by atoms with Crippen LogP contribution < -0.4 is 4.90 Å². The Morgan fingerprint density at radius 1 is 1.08 bits per heavy atom. The number of nitriles is 1. The second-order valence-corrected chi connectivity index (χ2v) is 6.67. The van der Waals surface area contributed by atoms with Crippen LogP contribution in [0.4, 0.5) is 19.1 Å². The van der Waals surface area contributed by atoms with Crippen LogP contribution in [0.5, 0.6) is 0 Å². The third-order valence-corrected chi connectivity index (χ3v) is 4.85. The summed E-state index contributed by atoms with van der Waals surface area (Å²) < 4.78 is 42.1. The molecule has 2 aromatic rings. The van der Waals surface area contributed by atoms with Crippen LogP contribution in [0.1, 0.15) is 43.7 Å². The summed E-state index contributed by atoms with van der Waals surface area (Å²) in [5.74, 6) is -3.14. The highest BCUT2D eigenvalue weighted by Gasteiger charge is 2.28. The highest BCUT2D eigenvalue weighted by Crippen LogP contribution is 2.42. The van der Waals surface area contributed by atoms with Gasteiger partial charge in [-0.1, -0.05) is 30.9 Å². The SMILES string of the molecule is CN(C#N)c1nc(Cl)c(-c2c(F)cc(F)cc2F)c(C2CCCCC2)n1. The molecule has 1 aromatic carbocycles. The molecule has 1 aliphatic rings. The molecular weight excluding hydrogens is 365 g/mol. The first-order valence-electron chi connectivity index (χ1n) is 8.28. The molecular formula is C18H16ClF3N4. The number of nitrogens with zero attached hydrogens (tertiary/aromatic N) is 4. The summed E-state index contributed by atoms with van der Waals surface area (Å²) in [6.45, 7) is 0. The number of aromatic nitrogens is 2. The van der Waals surface area contributed by atoms with Gasteiger partial charge in [0.1, 0.15) is 22.6 Å². The van der Waals surface area contributed by atoms with Crippen LogP contribution in [0.2, 0.25) is 5.15 Å². The van der Waals surface area contributed by atoms with E-state index >= 15 is 0 Å². The molecule has 1 aliphatic carbocycles. The normalized spacial score (nSPS) is 14.9. The van der Waals surface area contributed by atoms with Gasteiger partial charge in [-0.25, -0.2) is 18.2 Å². The Kier molecular flexibility index (Phi) is 5.33. The standard InChI is InChI=1S/C18H16ClF3N4/c1-26(9-23)18-24-16(10-5-3-2-4-6-10)15(17(19)25-18)14-12(21)7-11(20)8-13(14)22/h7-8,10H,2-6H2,1H3. The highest BCUT2D eigenvalue weighted by molar-refractivity contribution is 6.32. The monoisotopic (exact) mass is 380 g/mol. The van der Waals surface area contributed by atoms with Crippen molar-refractivity contribution in [3.05, 3.63) is 40.4 Å². The zero-order valence-electron chi connectivity index (χ0n) is 14.1. The van der Waals surface area contributed by atoms with Gasteiger partial charge in [0, 0.05) is 30.7 Å². The smallest absolute Gasteiger partial charge is 0.240 e. The first-order chi connectivity index (χ1) is 12.4. The van der Waals surface area contributed by atoms with E-state index in [4.69, 9.17) is 16.9 Å². The molecule has 3 rings (SSSR count). The van der Waals surface area contributed by atoms with E-state index in [1.54, 1.807) is 0 Å². The number of rotatable bonds is 3. The first kappa shape index (κ1) is 18.5. The van der Waals surface area contributed by atoms with Gasteiger partial charge in [0.2, 0.25) is 5.95 Å². The molecule has 136 valence electrons. The van der Waals surface area contributed by atoms with Gasteiger partial charge in [0.05, 0.1) is 11.3 Å². The van der Waals surface area contributed by atoms with E-state index < -0.39 is 23.0 Å². The molecule has 0 bridgehead atoms. The predicted octanol–water partition coefficient (Wildman–Crippen LogP) is 5.18. The molecule has 26 heavy (non-hydrogen) atoms. The van der Waals surface area contributed by atoms with E-state index in [-0.39, 0.29) is 22.6 Å². The van der Waals surface area contributed by atoms with E-state index in [2.05, 4.69) is 9.97 Å². The van der Waals surface area contributed by atoms with Gasteiger partial charge in [0.15, 0.2) is 6.19 Å². The van der Waals surface area contributed by atoms with E-state index in [1.807, 2.05) is 6.19 Å². The first-order valence-corrected chi connectivity index (χ1v) is 8.66. The number of anilines is 1. The molecule has 1 saturated carbocycles. The highest BCUT2D eigenvalue weighted by atomic mass is 35.5. The Morgan fingerprint density at radius 2 is 1.69 bits per heavy atom. The van der Waals surface area contributed by atoms with Gasteiger partial charge < -0.3 is 0 Å². The lowest BCUT2D eigenvalue weighted by Gasteiger charge is -2.25. The van der Waals surface area contributed by atoms with E-state index in [0.717, 1.165) is 37.0 Å². The van der Waals surface area contributed by atoms with Crippen LogP contribution in [0.15, 0.2) is 12.1 Å². The Morgan fingerprint density at radius 3 is 2.27 bits per heavy atom. The number of benzene rings is 1. The van der Waals surface area contributed by atoms with Gasteiger partial charge in [-0.2, -0.15) is 10.2 Å². The van der Waals surface area contributed by atoms with Crippen molar-refractivity contribution in [2.75, 3.05) is 11.9 Å². The molecule has 0 spiro atoms. The van der Waals surface area contributed by atoms with Crippen LogP contribution in [0.3, 0.4) is 0 Å². The van der Waals surface area contributed by atoms with Crippen molar-refractivity contribution in [3.63, 3.8) is 0 Å². The fourth-order valence-electron chi connectivity index (χ4n) is 3.32. The molecule has 0 N–H and O–H groups in total. The lowest BCUT2D eigenvalue weighted by Crippen LogP contribution is -2.17. The number of hydrogen-bond acceptors (Lipinski definition) is 4. The van der Waals surface area contributed by atoms with Crippen LogP contribution in [-0.4, -0.2) is 17.0 Å². The summed E-state index contributed by atoms with van der Waals surface area (Å²) in [7, 11) is 1.47. The van der Waals surface area contributed by atoms with Crippen LogP contribution in [0, 0.1) is 28.9 Å². The van der Waals surface area contributed by atoms with E-state index in [9.17, 15) is 13.2 Å². The third-order valence-electron chi connectivity index (χ3n) is 4.58. The summed E-state index contributed by atoms with van der Waals surface area (Å²) in [5, 5.41) is 8.91. The van der Waals surface area contributed by atoms with Gasteiger partial charge in [0.25, 0.3) is 0 Å². The van der Waals surface area contributed by atoms with E-state index in [0.29, 0.717) is 17.8 Å². The minimum atomic E-state index is -1.06. The lowest BCUT2D eigenvalue weighted by atomic mass is 9.84. The fraction of sp³-hybridized carbons (Fsp3) is 0.389. The van der Waals surface area contributed by atoms with Gasteiger partial charge >= 0.3 is 0 Å². The molecule has 0 radical (unpaired) electrons. The molecule has 4 nitrogen and oxygen atoms in total. The predicted molar refractivity (Wildman–Crippen MR) is 92.2 cm³/mol. The van der Waals surface area contributed by atoms with Gasteiger partial charge in [-0.3, -0.25) is 4.90 Å². The van der Waals surface area contributed by atoms with Crippen molar-refractivity contribution in [2.24, 2.45) is 0 Å². The molecule has 1 fully saturated rings. The lowest BCUT2D eigenvalue weighted by molar-refractivity contribution is 0.436. The average Bonchev–Trinajstić information content (AvgIpc) is 2.62. The average molecular weight is 381 g/mol. The maximum Gasteiger partial charge on any atom is 0.240 e. The van der Waals surface area contributed by atoms with Crippen molar-refractivity contribution >= 4 is 17.5 Å². The van der Waals surface area contributed by atoms with Gasteiger partial charge in [-0.05, 0) is 12.8 Å². The van der Waals surface area contributed by atoms with Crippen LogP contribution in [0.25, 0.3) is 11.1 Å². The zero-order chi connectivity index (χ0) is 18.8. The van der Waals surface area contributed by atoms with Crippen molar-refractivity contribution in [3.8, 4) is 17.3 Å². The summed E-state index contributed by atoms with van der Waals surface area (Å²) in [6.07, 6.45) is 6.47. The molecule has 0 amide bonds. The number of halogens is 4. The van der Waals surface area contributed by atoms with E-state index in [1.165, 1.54) is 7.05 Å². The minimum absolute atomic E-state index is 0.0312. The summed E-state index contributed by atoms with van der Waals surface area (Å²) >= 11 is 6.26. The second kappa shape index (κ2) is 7.50. The molecule has 0 aliphatic heterocycles. The van der Waals surface area contributed by atoms with Crippen molar-refractivity contribution in [1.82, 2.24) is 9.97 Å². The number of hydrogen-bond donors (Lipinski definition) is 0. The van der Waals surface area contributed by atoms with Crippen LogP contribution >= 0.6 is 11.6 Å². The minimum Gasteiger partial charge on any atom is -0.250 e. The van der Waals surface area contributed by atoms with Crippen molar-refractivity contribution in [1.29, 1.82) is 5.26 Å². The van der Waals surface area contributed by atoms with Crippen LogP contribution in [-0.2, 0) is 0 Å². The third kappa shape index (κ3) is 3.47. The molecule has 0 unspecified atom stereocenters. The fourth-order valence-corrected chi connectivity index (χ4v) is 3.58. The van der Waals surface area contributed by atoms with Crippen molar-refractivity contribution < 1.29 is 13.2 Å². The summed E-state index contributed by atoms with van der Waals surface area (Å²) in [5.41, 5.74) is -0.0157. The summed E-state index contributed by atoms with van der Waals surface area (Å²) in [6, 6.07) is 1.21. The largest absolute Gasteiger partial charge is 0.250 e. The second-order valence-electron chi connectivity index (χ2n) is 6.31. The summed E-state index contributed by atoms with van der Waals surface area (Å²) in [4.78, 5) is 9.53. The van der Waals surface area contributed by atoms with Gasteiger partial charge in [-0.15, -0.1) is 0 Å². The maximum atomic E-state index is 14.4. The molecule has 1 aromatic heterocycles. The molecule has 1 heterocycles. The Hall–Kier alpha value is -2.33. The quantitative estimate of drug-likeness (QED) is 0.418. The zero-order valence-corrected chi connectivity index (χ0v) is 14.8. The Bertz CT molecular complexity index is 852. The molecule has 0 atom stereocenters. The Labute approximate surface area is 154 Å². The molecule has 0 saturated heterocycles. The molecule has 8 heteroatoms. The topological polar surface area (TPSA) is 52.8 Å².